The van der Waals surface area contributed by atoms with E-state index in [1.54, 1.807) is 46.5 Å². The van der Waals surface area contributed by atoms with Gasteiger partial charge in [-0.25, -0.2) is 0 Å². The first-order chi connectivity index (χ1) is 15.9. The van der Waals surface area contributed by atoms with Gasteiger partial charge in [-0.3, -0.25) is 9.59 Å². The lowest BCUT2D eigenvalue weighted by atomic mass is 10.1. The van der Waals surface area contributed by atoms with Crippen molar-refractivity contribution < 1.29 is 28.5 Å². The summed E-state index contributed by atoms with van der Waals surface area (Å²) in [6, 6.07) is 11.8. The molecule has 180 valence electrons. The third kappa shape index (κ3) is 7.89. The number of methoxy groups -OCH3 is 3. The largest absolute Gasteiger partial charge is 0.497 e. The standard InChI is InChI=1S/C25H34N2O6/c1-6-7-11-26-25(29)18(2)27(16-19-9-8-10-20(12-19)30-3)24(28)17-33-23-14-21(31-4)13-22(15-23)32-5/h8-10,12-15,18H,6-7,11,16-17H2,1-5H3,(H,26,29)/t18-/m0/s1. The van der Waals surface area contributed by atoms with E-state index in [-0.39, 0.29) is 25.0 Å². The minimum atomic E-state index is -0.677. The molecule has 8 heteroatoms. The van der Waals surface area contributed by atoms with Crippen LogP contribution in [0.5, 0.6) is 23.0 Å². The Morgan fingerprint density at radius 1 is 0.939 bits per heavy atom. The first kappa shape index (κ1) is 25.8. The topological polar surface area (TPSA) is 86.3 Å². The minimum Gasteiger partial charge on any atom is -0.497 e. The fourth-order valence-corrected chi connectivity index (χ4v) is 3.18. The summed E-state index contributed by atoms with van der Waals surface area (Å²) in [6.45, 7) is 4.34. The van der Waals surface area contributed by atoms with Crippen molar-refractivity contribution in [2.75, 3.05) is 34.5 Å². The average Bonchev–Trinajstić information content (AvgIpc) is 2.85. The number of carbonyl (C=O) groups excluding carboxylic acids is 2. The predicted molar refractivity (Wildman–Crippen MR) is 126 cm³/mol. The molecule has 0 radical (unpaired) electrons. The first-order valence-electron chi connectivity index (χ1n) is 11.0. The van der Waals surface area contributed by atoms with Gasteiger partial charge >= 0.3 is 0 Å². The van der Waals surface area contributed by atoms with Gasteiger partial charge in [-0.2, -0.15) is 0 Å². The van der Waals surface area contributed by atoms with Gasteiger partial charge in [-0.1, -0.05) is 25.5 Å². The molecule has 1 atom stereocenters. The van der Waals surface area contributed by atoms with Gasteiger partial charge in [0.25, 0.3) is 5.91 Å². The third-order valence-corrected chi connectivity index (χ3v) is 5.17. The van der Waals surface area contributed by atoms with Crippen LogP contribution in [0, 0.1) is 0 Å². The summed E-state index contributed by atoms with van der Waals surface area (Å²) in [5, 5.41) is 2.90. The van der Waals surface area contributed by atoms with Crippen LogP contribution in [0.2, 0.25) is 0 Å². The Bertz CT molecular complexity index is 895. The summed E-state index contributed by atoms with van der Waals surface area (Å²) in [5.41, 5.74) is 0.846. The first-order valence-corrected chi connectivity index (χ1v) is 11.0. The number of nitrogens with zero attached hydrogens (tertiary/aromatic N) is 1. The molecule has 0 heterocycles. The van der Waals surface area contributed by atoms with Gasteiger partial charge in [0, 0.05) is 31.3 Å². The predicted octanol–water partition coefficient (Wildman–Crippen LogP) is 3.42. The summed E-state index contributed by atoms with van der Waals surface area (Å²) >= 11 is 0. The lowest BCUT2D eigenvalue weighted by Crippen LogP contribution is -2.49. The minimum absolute atomic E-state index is 0.206. The van der Waals surface area contributed by atoms with Crippen LogP contribution in [-0.4, -0.2) is 57.2 Å². The molecule has 0 unspecified atom stereocenters. The smallest absolute Gasteiger partial charge is 0.261 e. The Hall–Kier alpha value is -3.42. The molecule has 1 N–H and O–H groups in total. The lowest BCUT2D eigenvalue weighted by molar-refractivity contribution is -0.142. The molecule has 0 saturated carbocycles. The molecule has 0 aliphatic heterocycles. The molecule has 2 aromatic carbocycles. The van der Waals surface area contributed by atoms with E-state index in [2.05, 4.69) is 12.2 Å². The Labute approximate surface area is 195 Å². The van der Waals surface area contributed by atoms with Crippen LogP contribution in [0.3, 0.4) is 0 Å². The second-order valence-electron chi connectivity index (χ2n) is 7.53. The number of benzene rings is 2. The molecule has 2 rings (SSSR count). The summed E-state index contributed by atoms with van der Waals surface area (Å²) in [5.74, 6) is 1.68. The van der Waals surface area contributed by atoms with Crippen molar-refractivity contribution in [3.05, 3.63) is 48.0 Å². The highest BCUT2D eigenvalue weighted by atomic mass is 16.5. The average molecular weight is 459 g/mol. The van der Waals surface area contributed by atoms with E-state index in [1.807, 2.05) is 24.3 Å². The van der Waals surface area contributed by atoms with Gasteiger partial charge in [0.15, 0.2) is 6.61 Å². The third-order valence-electron chi connectivity index (χ3n) is 5.17. The van der Waals surface area contributed by atoms with Crippen molar-refractivity contribution >= 4 is 11.8 Å². The SMILES string of the molecule is CCCCNC(=O)[C@H](C)N(Cc1cccc(OC)c1)C(=O)COc1cc(OC)cc(OC)c1. The fraction of sp³-hybridized carbons (Fsp3) is 0.440. The highest BCUT2D eigenvalue weighted by Gasteiger charge is 2.26. The van der Waals surface area contributed by atoms with Gasteiger partial charge in [0.1, 0.15) is 29.0 Å². The number of unbranched alkanes of at least 4 members (excludes halogenated alkanes) is 1. The number of rotatable bonds is 13. The number of amides is 2. The van der Waals surface area contributed by atoms with Gasteiger partial charge < -0.3 is 29.2 Å². The van der Waals surface area contributed by atoms with Crippen molar-refractivity contribution in [3.63, 3.8) is 0 Å². The molecule has 0 aromatic heterocycles. The molecule has 33 heavy (non-hydrogen) atoms. The molecule has 0 bridgehead atoms. The van der Waals surface area contributed by atoms with Crippen molar-refractivity contribution in [3.8, 4) is 23.0 Å². The zero-order chi connectivity index (χ0) is 24.2. The maximum Gasteiger partial charge on any atom is 0.261 e. The van der Waals surface area contributed by atoms with Crippen LogP contribution in [0.25, 0.3) is 0 Å². The molecular formula is C25H34N2O6. The van der Waals surface area contributed by atoms with Crippen molar-refractivity contribution in [2.24, 2.45) is 0 Å². The highest BCUT2D eigenvalue weighted by molar-refractivity contribution is 5.88. The van der Waals surface area contributed by atoms with Gasteiger partial charge in [-0.15, -0.1) is 0 Å². The van der Waals surface area contributed by atoms with Gasteiger partial charge in [0.2, 0.25) is 5.91 Å². The number of ether oxygens (including phenoxy) is 4. The monoisotopic (exact) mass is 458 g/mol. The second-order valence-corrected chi connectivity index (χ2v) is 7.53. The molecule has 2 aromatic rings. The molecular weight excluding hydrogens is 424 g/mol. The quantitative estimate of drug-likeness (QED) is 0.463. The van der Waals surface area contributed by atoms with Crippen molar-refractivity contribution in [2.45, 2.75) is 39.3 Å². The zero-order valence-corrected chi connectivity index (χ0v) is 20.1. The number of nitrogens with one attached hydrogen (secondary N) is 1. The molecule has 0 fully saturated rings. The molecule has 0 saturated heterocycles. The summed E-state index contributed by atoms with van der Waals surface area (Å²) in [6.07, 6.45) is 1.85. The lowest BCUT2D eigenvalue weighted by Gasteiger charge is -2.29. The van der Waals surface area contributed by atoms with Crippen LogP contribution >= 0.6 is 0 Å². The summed E-state index contributed by atoms with van der Waals surface area (Å²) in [7, 11) is 4.67. The van der Waals surface area contributed by atoms with Gasteiger partial charge in [0.05, 0.1) is 21.3 Å². The van der Waals surface area contributed by atoms with Gasteiger partial charge in [-0.05, 0) is 31.0 Å². The van der Waals surface area contributed by atoms with Crippen molar-refractivity contribution in [1.29, 1.82) is 0 Å². The molecule has 8 nitrogen and oxygen atoms in total. The van der Waals surface area contributed by atoms with E-state index in [1.165, 1.54) is 4.90 Å². The van der Waals surface area contributed by atoms with Crippen molar-refractivity contribution in [1.82, 2.24) is 10.2 Å². The van der Waals surface area contributed by atoms with E-state index in [4.69, 9.17) is 18.9 Å². The highest BCUT2D eigenvalue weighted by Crippen LogP contribution is 2.27. The molecule has 0 spiro atoms. The Morgan fingerprint density at radius 2 is 1.58 bits per heavy atom. The Balaban J connectivity index is 2.18. The summed E-state index contributed by atoms with van der Waals surface area (Å²) in [4.78, 5) is 27.4. The number of carbonyl (C=O) groups is 2. The van der Waals surface area contributed by atoms with Crippen LogP contribution < -0.4 is 24.3 Å². The zero-order valence-electron chi connectivity index (χ0n) is 20.1. The summed E-state index contributed by atoms with van der Waals surface area (Å²) < 4.78 is 21.5. The van der Waals surface area contributed by atoms with E-state index >= 15 is 0 Å². The Kier molecular flexibility index (Phi) is 10.3. The normalized spacial score (nSPS) is 11.3. The number of hydrogen-bond donors (Lipinski definition) is 1. The van der Waals surface area contributed by atoms with E-state index < -0.39 is 6.04 Å². The van der Waals surface area contributed by atoms with Crippen LogP contribution in [0.4, 0.5) is 0 Å². The van der Waals surface area contributed by atoms with Crippen LogP contribution in [-0.2, 0) is 16.1 Å². The van der Waals surface area contributed by atoms with E-state index in [0.717, 1.165) is 18.4 Å². The molecule has 2 amide bonds. The molecule has 0 aliphatic rings. The van der Waals surface area contributed by atoms with E-state index in [9.17, 15) is 9.59 Å². The Morgan fingerprint density at radius 3 is 2.18 bits per heavy atom. The molecule has 0 aliphatic carbocycles. The fourth-order valence-electron chi connectivity index (χ4n) is 3.18. The maximum atomic E-state index is 13.2. The van der Waals surface area contributed by atoms with Crippen LogP contribution in [0.15, 0.2) is 42.5 Å². The van der Waals surface area contributed by atoms with Crippen LogP contribution in [0.1, 0.15) is 32.3 Å². The van der Waals surface area contributed by atoms with E-state index in [0.29, 0.717) is 29.5 Å². The second kappa shape index (κ2) is 13.2. The maximum absolute atomic E-state index is 13.2. The number of hydrogen-bond acceptors (Lipinski definition) is 6.